The van der Waals surface area contributed by atoms with Gasteiger partial charge in [0.1, 0.15) is 11.4 Å². The zero-order chi connectivity index (χ0) is 14.8. The van der Waals surface area contributed by atoms with Crippen LogP contribution in [0.3, 0.4) is 0 Å². The van der Waals surface area contributed by atoms with E-state index in [4.69, 9.17) is 14.6 Å². The SMILES string of the molecule is COc1ccc(C2CCOC2)cc1-c1cc(C(=O)O)[nH]n1. The number of benzene rings is 1. The number of methoxy groups -OCH3 is 1. The zero-order valence-electron chi connectivity index (χ0n) is 11.6. The Morgan fingerprint density at radius 1 is 1.48 bits per heavy atom. The highest BCUT2D eigenvalue weighted by Gasteiger charge is 2.20. The van der Waals surface area contributed by atoms with E-state index in [0.717, 1.165) is 24.2 Å². The Hall–Kier alpha value is -2.34. The molecular weight excluding hydrogens is 272 g/mol. The van der Waals surface area contributed by atoms with Crippen molar-refractivity contribution in [3.63, 3.8) is 0 Å². The number of hydrogen-bond acceptors (Lipinski definition) is 4. The van der Waals surface area contributed by atoms with Crippen molar-refractivity contribution >= 4 is 5.97 Å². The number of carbonyl (C=O) groups is 1. The van der Waals surface area contributed by atoms with Crippen molar-refractivity contribution in [2.45, 2.75) is 12.3 Å². The number of H-pyrrole nitrogens is 1. The minimum Gasteiger partial charge on any atom is -0.496 e. The summed E-state index contributed by atoms with van der Waals surface area (Å²) < 4.78 is 10.8. The van der Waals surface area contributed by atoms with E-state index in [1.165, 1.54) is 6.07 Å². The van der Waals surface area contributed by atoms with Crippen molar-refractivity contribution in [3.05, 3.63) is 35.5 Å². The number of carboxylic acids is 1. The first-order chi connectivity index (χ1) is 10.2. The fourth-order valence-corrected chi connectivity index (χ4v) is 2.55. The van der Waals surface area contributed by atoms with Crippen LogP contribution in [0.15, 0.2) is 24.3 Å². The van der Waals surface area contributed by atoms with Gasteiger partial charge in [0.25, 0.3) is 0 Å². The van der Waals surface area contributed by atoms with Crippen molar-refractivity contribution in [2.75, 3.05) is 20.3 Å². The van der Waals surface area contributed by atoms with Crippen molar-refractivity contribution in [3.8, 4) is 17.0 Å². The third-order valence-electron chi connectivity index (χ3n) is 3.71. The molecular formula is C15H16N2O4. The number of aromatic carboxylic acids is 1. The summed E-state index contributed by atoms with van der Waals surface area (Å²) in [6, 6.07) is 7.42. The van der Waals surface area contributed by atoms with Crippen LogP contribution < -0.4 is 4.74 Å². The predicted octanol–water partition coefficient (Wildman–Crippen LogP) is 2.29. The molecule has 110 valence electrons. The van der Waals surface area contributed by atoms with E-state index in [1.54, 1.807) is 7.11 Å². The molecule has 2 heterocycles. The third kappa shape index (κ3) is 2.62. The predicted molar refractivity (Wildman–Crippen MR) is 75.7 cm³/mol. The van der Waals surface area contributed by atoms with Gasteiger partial charge in [0.05, 0.1) is 19.4 Å². The van der Waals surface area contributed by atoms with Gasteiger partial charge in [-0.25, -0.2) is 4.79 Å². The van der Waals surface area contributed by atoms with Crippen LogP contribution in [-0.4, -0.2) is 41.6 Å². The molecule has 1 atom stereocenters. The summed E-state index contributed by atoms with van der Waals surface area (Å²) in [5.41, 5.74) is 2.56. The molecule has 21 heavy (non-hydrogen) atoms. The molecule has 6 nitrogen and oxygen atoms in total. The van der Waals surface area contributed by atoms with E-state index in [2.05, 4.69) is 10.2 Å². The number of nitrogens with zero attached hydrogens (tertiary/aromatic N) is 1. The van der Waals surface area contributed by atoms with Gasteiger partial charge < -0.3 is 14.6 Å². The van der Waals surface area contributed by atoms with E-state index in [9.17, 15) is 4.79 Å². The molecule has 0 aliphatic carbocycles. The number of hydrogen-bond donors (Lipinski definition) is 2. The normalized spacial score (nSPS) is 17.9. The van der Waals surface area contributed by atoms with E-state index in [1.807, 2.05) is 18.2 Å². The molecule has 0 amide bonds. The Bertz CT molecular complexity index is 659. The minimum atomic E-state index is -1.03. The Balaban J connectivity index is 2.01. The van der Waals surface area contributed by atoms with Gasteiger partial charge in [0, 0.05) is 18.1 Å². The monoisotopic (exact) mass is 288 g/mol. The highest BCUT2D eigenvalue weighted by Crippen LogP contribution is 2.34. The average Bonchev–Trinajstić information content (AvgIpc) is 3.18. The molecule has 6 heteroatoms. The lowest BCUT2D eigenvalue weighted by atomic mass is 9.95. The summed E-state index contributed by atoms with van der Waals surface area (Å²) in [5.74, 6) is 0.00158. The Morgan fingerprint density at radius 2 is 2.33 bits per heavy atom. The van der Waals surface area contributed by atoms with Crippen LogP contribution in [-0.2, 0) is 4.74 Å². The van der Waals surface area contributed by atoms with Gasteiger partial charge in [0.15, 0.2) is 0 Å². The van der Waals surface area contributed by atoms with Gasteiger partial charge in [-0.15, -0.1) is 0 Å². The van der Waals surface area contributed by atoms with Crippen LogP contribution in [0.5, 0.6) is 5.75 Å². The molecule has 2 aromatic rings. The molecule has 1 saturated heterocycles. The maximum absolute atomic E-state index is 11.0. The summed E-state index contributed by atoms with van der Waals surface area (Å²) in [6.45, 7) is 1.49. The number of ether oxygens (including phenoxy) is 2. The Kier molecular flexibility index (Phi) is 3.62. The highest BCUT2D eigenvalue weighted by molar-refractivity contribution is 5.87. The topological polar surface area (TPSA) is 84.4 Å². The van der Waals surface area contributed by atoms with E-state index >= 15 is 0 Å². The van der Waals surface area contributed by atoms with Crippen LogP contribution in [0.2, 0.25) is 0 Å². The molecule has 1 aromatic heterocycles. The first-order valence-electron chi connectivity index (χ1n) is 6.74. The number of rotatable bonds is 4. The first kappa shape index (κ1) is 13.6. The maximum atomic E-state index is 11.0. The molecule has 3 rings (SSSR count). The van der Waals surface area contributed by atoms with Gasteiger partial charge in [0.2, 0.25) is 0 Å². The first-order valence-corrected chi connectivity index (χ1v) is 6.74. The largest absolute Gasteiger partial charge is 0.496 e. The molecule has 1 aromatic carbocycles. The number of aromatic nitrogens is 2. The molecule has 0 bridgehead atoms. The number of aromatic amines is 1. The van der Waals surface area contributed by atoms with Crippen molar-refractivity contribution in [1.82, 2.24) is 10.2 Å². The summed E-state index contributed by atoms with van der Waals surface area (Å²) in [5, 5.41) is 15.6. The summed E-state index contributed by atoms with van der Waals surface area (Å²) in [4.78, 5) is 11.0. The molecule has 0 spiro atoms. The molecule has 0 radical (unpaired) electrons. The van der Waals surface area contributed by atoms with Crippen LogP contribution in [0.1, 0.15) is 28.4 Å². The summed E-state index contributed by atoms with van der Waals surface area (Å²) >= 11 is 0. The van der Waals surface area contributed by atoms with E-state index in [0.29, 0.717) is 24.0 Å². The standard InChI is InChI=1S/C15H16N2O4/c1-20-14-3-2-9(10-4-5-21-8-10)6-11(14)12-7-13(15(18)19)17-16-12/h2-3,6-7,10H,4-5,8H2,1H3,(H,16,17)(H,18,19). The van der Waals surface area contributed by atoms with Crippen LogP contribution in [0, 0.1) is 0 Å². The Morgan fingerprint density at radius 3 is 2.95 bits per heavy atom. The lowest BCUT2D eigenvalue weighted by Gasteiger charge is -2.12. The molecule has 0 saturated carbocycles. The zero-order valence-corrected chi connectivity index (χ0v) is 11.6. The number of nitrogens with one attached hydrogen (secondary N) is 1. The second kappa shape index (κ2) is 5.57. The van der Waals surface area contributed by atoms with Crippen molar-refractivity contribution in [2.24, 2.45) is 0 Å². The maximum Gasteiger partial charge on any atom is 0.353 e. The van der Waals surface area contributed by atoms with Gasteiger partial charge in [-0.1, -0.05) is 6.07 Å². The van der Waals surface area contributed by atoms with Gasteiger partial charge in [-0.05, 0) is 30.2 Å². The van der Waals surface area contributed by atoms with E-state index < -0.39 is 5.97 Å². The fourth-order valence-electron chi connectivity index (χ4n) is 2.55. The highest BCUT2D eigenvalue weighted by atomic mass is 16.5. The molecule has 1 fully saturated rings. The molecule has 2 N–H and O–H groups in total. The minimum absolute atomic E-state index is 0.0571. The summed E-state index contributed by atoms with van der Waals surface area (Å²) in [6.07, 6.45) is 0.993. The lowest BCUT2D eigenvalue weighted by molar-refractivity contribution is 0.0690. The van der Waals surface area contributed by atoms with Gasteiger partial charge in [-0.2, -0.15) is 5.10 Å². The quantitative estimate of drug-likeness (QED) is 0.901. The molecule has 1 aliphatic heterocycles. The average molecular weight is 288 g/mol. The molecule has 1 aliphatic rings. The second-order valence-corrected chi connectivity index (χ2v) is 4.99. The number of carboxylic acid groups (broad SMARTS) is 1. The van der Waals surface area contributed by atoms with Gasteiger partial charge >= 0.3 is 5.97 Å². The van der Waals surface area contributed by atoms with Crippen molar-refractivity contribution < 1.29 is 19.4 Å². The fraction of sp³-hybridized carbons (Fsp3) is 0.333. The second-order valence-electron chi connectivity index (χ2n) is 4.99. The Labute approximate surface area is 121 Å². The lowest BCUT2D eigenvalue weighted by Crippen LogP contribution is -1.99. The molecule has 1 unspecified atom stereocenters. The van der Waals surface area contributed by atoms with Crippen LogP contribution in [0.25, 0.3) is 11.3 Å². The summed E-state index contributed by atoms with van der Waals surface area (Å²) in [7, 11) is 1.59. The van der Waals surface area contributed by atoms with Crippen LogP contribution >= 0.6 is 0 Å². The van der Waals surface area contributed by atoms with Gasteiger partial charge in [-0.3, -0.25) is 5.10 Å². The third-order valence-corrected chi connectivity index (χ3v) is 3.71. The van der Waals surface area contributed by atoms with Crippen molar-refractivity contribution in [1.29, 1.82) is 0 Å². The van der Waals surface area contributed by atoms with E-state index in [-0.39, 0.29) is 5.69 Å². The smallest absolute Gasteiger partial charge is 0.353 e. The van der Waals surface area contributed by atoms with Crippen LogP contribution in [0.4, 0.5) is 0 Å².